The van der Waals surface area contributed by atoms with E-state index in [1.54, 1.807) is 13.4 Å². The van der Waals surface area contributed by atoms with Gasteiger partial charge >= 0.3 is 0 Å². The van der Waals surface area contributed by atoms with Crippen LogP contribution in [-0.4, -0.2) is 13.0 Å². The number of methoxy groups -OCH3 is 1. The van der Waals surface area contributed by atoms with Crippen LogP contribution in [0, 0.1) is 6.92 Å². The van der Waals surface area contributed by atoms with Crippen molar-refractivity contribution in [3.8, 4) is 5.75 Å². The van der Waals surface area contributed by atoms with E-state index in [2.05, 4.69) is 5.32 Å². The summed E-state index contributed by atoms with van der Waals surface area (Å²) in [7, 11) is 1.64. The van der Waals surface area contributed by atoms with Crippen molar-refractivity contribution >= 4 is 5.91 Å². The van der Waals surface area contributed by atoms with Crippen LogP contribution in [-0.2, 0) is 17.8 Å². The van der Waals surface area contributed by atoms with Crippen LogP contribution in [0.4, 0.5) is 0 Å². The van der Waals surface area contributed by atoms with E-state index in [1.807, 2.05) is 67.6 Å². The summed E-state index contributed by atoms with van der Waals surface area (Å²) in [6.07, 6.45) is 2.17. The van der Waals surface area contributed by atoms with Crippen LogP contribution in [0.15, 0.2) is 71.3 Å². The zero-order valence-electron chi connectivity index (χ0n) is 15.1. The zero-order valence-corrected chi connectivity index (χ0v) is 15.1. The maximum absolute atomic E-state index is 12.9. The Kier molecular flexibility index (Phi) is 5.74. The van der Waals surface area contributed by atoms with Gasteiger partial charge in [-0.25, -0.2) is 0 Å². The van der Waals surface area contributed by atoms with Gasteiger partial charge in [0.1, 0.15) is 11.5 Å². The van der Waals surface area contributed by atoms with E-state index in [4.69, 9.17) is 9.15 Å². The summed E-state index contributed by atoms with van der Waals surface area (Å²) < 4.78 is 10.6. The fourth-order valence-electron chi connectivity index (χ4n) is 2.85. The minimum Gasteiger partial charge on any atom is -0.497 e. The SMILES string of the molecule is COc1ccc(CNC(=O)C(Cc2ccco2)c2ccc(C)cc2)cc1. The molecule has 0 fully saturated rings. The molecule has 3 aromatic rings. The number of nitrogens with one attached hydrogen (secondary N) is 1. The molecule has 3 rings (SSSR count). The van der Waals surface area contributed by atoms with E-state index in [1.165, 1.54) is 5.56 Å². The molecule has 4 nitrogen and oxygen atoms in total. The average molecular weight is 349 g/mol. The quantitative estimate of drug-likeness (QED) is 0.694. The molecule has 134 valence electrons. The highest BCUT2D eigenvalue weighted by atomic mass is 16.5. The second-order valence-electron chi connectivity index (χ2n) is 6.31. The monoisotopic (exact) mass is 349 g/mol. The van der Waals surface area contributed by atoms with Crippen LogP contribution in [0.1, 0.15) is 28.4 Å². The van der Waals surface area contributed by atoms with Gasteiger partial charge in [0, 0.05) is 13.0 Å². The van der Waals surface area contributed by atoms with Gasteiger partial charge in [-0.1, -0.05) is 42.0 Å². The third-order valence-electron chi connectivity index (χ3n) is 4.41. The summed E-state index contributed by atoms with van der Waals surface area (Å²) in [5, 5.41) is 3.04. The lowest BCUT2D eigenvalue weighted by atomic mass is 9.93. The number of carbonyl (C=O) groups is 1. The maximum atomic E-state index is 12.9. The molecule has 0 saturated heterocycles. The number of amides is 1. The Morgan fingerprint density at radius 2 is 1.81 bits per heavy atom. The number of ether oxygens (including phenoxy) is 1. The first-order valence-electron chi connectivity index (χ1n) is 8.65. The first kappa shape index (κ1) is 17.8. The molecule has 0 radical (unpaired) electrons. The molecule has 0 saturated carbocycles. The van der Waals surface area contributed by atoms with Gasteiger partial charge in [0.05, 0.1) is 19.3 Å². The minimum atomic E-state index is -0.292. The second kappa shape index (κ2) is 8.39. The molecule has 1 aromatic heterocycles. The maximum Gasteiger partial charge on any atom is 0.228 e. The van der Waals surface area contributed by atoms with Crippen LogP contribution in [0.2, 0.25) is 0 Å². The molecule has 1 atom stereocenters. The number of hydrogen-bond acceptors (Lipinski definition) is 3. The minimum absolute atomic E-state index is 0.0129. The number of hydrogen-bond donors (Lipinski definition) is 1. The third-order valence-corrected chi connectivity index (χ3v) is 4.41. The lowest BCUT2D eigenvalue weighted by Gasteiger charge is -2.17. The van der Waals surface area contributed by atoms with Crippen molar-refractivity contribution in [1.29, 1.82) is 0 Å². The molecule has 0 bridgehead atoms. The van der Waals surface area contributed by atoms with E-state index < -0.39 is 0 Å². The molecule has 1 heterocycles. The first-order chi connectivity index (χ1) is 12.7. The van der Waals surface area contributed by atoms with E-state index in [-0.39, 0.29) is 11.8 Å². The van der Waals surface area contributed by atoms with Gasteiger partial charge in [-0.2, -0.15) is 0 Å². The molecule has 4 heteroatoms. The molecule has 1 N–H and O–H groups in total. The molecule has 1 unspecified atom stereocenters. The molecular weight excluding hydrogens is 326 g/mol. The van der Waals surface area contributed by atoms with Gasteiger partial charge in [0.15, 0.2) is 0 Å². The Balaban J connectivity index is 1.72. The first-order valence-corrected chi connectivity index (χ1v) is 8.65. The Hall–Kier alpha value is -3.01. The van der Waals surface area contributed by atoms with Crippen molar-refractivity contribution in [2.75, 3.05) is 7.11 Å². The third kappa shape index (κ3) is 4.54. The van der Waals surface area contributed by atoms with E-state index >= 15 is 0 Å². The Morgan fingerprint density at radius 1 is 1.08 bits per heavy atom. The summed E-state index contributed by atoms with van der Waals surface area (Å²) in [4.78, 5) is 12.9. The molecule has 0 spiro atoms. The predicted molar refractivity (Wildman–Crippen MR) is 101 cm³/mol. The normalized spacial score (nSPS) is 11.8. The van der Waals surface area contributed by atoms with E-state index in [0.717, 1.165) is 22.6 Å². The predicted octanol–water partition coefficient (Wildman–Crippen LogP) is 4.24. The zero-order chi connectivity index (χ0) is 18.4. The summed E-state index contributed by atoms with van der Waals surface area (Å²) >= 11 is 0. The molecule has 0 aliphatic heterocycles. The molecule has 2 aromatic carbocycles. The van der Waals surface area contributed by atoms with Crippen molar-refractivity contribution in [3.63, 3.8) is 0 Å². The van der Waals surface area contributed by atoms with Gasteiger partial charge < -0.3 is 14.5 Å². The molecule has 0 aliphatic rings. The van der Waals surface area contributed by atoms with Crippen LogP contribution in [0.3, 0.4) is 0 Å². The van der Waals surface area contributed by atoms with Crippen LogP contribution in [0.25, 0.3) is 0 Å². The summed E-state index contributed by atoms with van der Waals surface area (Å²) in [5.41, 5.74) is 3.18. The van der Waals surface area contributed by atoms with Gasteiger partial charge in [0.25, 0.3) is 0 Å². The Morgan fingerprint density at radius 3 is 2.42 bits per heavy atom. The van der Waals surface area contributed by atoms with Crippen molar-refractivity contribution in [2.24, 2.45) is 0 Å². The molecule has 1 amide bonds. The highest BCUT2D eigenvalue weighted by Crippen LogP contribution is 2.22. The Labute approximate surface area is 153 Å². The van der Waals surface area contributed by atoms with Crippen molar-refractivity contribution in [3.05, 3.63) is 89.4 Å². The van der Waals surface area contributed by atoms with Crippen LogP contribution >= 0.6 is 0 Å². The fourth-order valence-corrected chi connectivity index (χ4v) is 2.85. The van der Waals surface area contributed by atoms with Gasteiger partial charge in [-0.15, -0.1) is 0 Å². The van der Waals surface area contributed by atoms with Crippen molar-refractivity contribution < 1.29 is 13.9 Å². The highest BCUT2D eigenvalue weighted by Gasteiger charge is 2.22. The molecular formula is C22H23NO3. The van der Waals surface area contributed by atoms with Crippen LogP contribution < -0.4 is 10.1 Å². The van der Waals surface area contributed by atoms with E-state index in [0.29, 0.717) is 13.0 Å². The number of rotatable bonds is 7. The van der Waals surface area contributed by atoms with Gasteiger partial charge in [-0.05, 0) is 42.3 Å². The summed E-state index contributed by atoms with van der Waals surface area (Å²) in [5.74, 6) is 1.30. The Bertz CT molecular complexity index is 821. The topological polar surface area (TPSA) is 51.5 Å². The number of carbonyl (C=O) groups excluding carboxylic acids is 1. The summed E-state index contributed by atoms with van der Waals surface area (Å²) in [6, 6.07) is 19.5. The van der Waals surface area contributed by atoms with Gasteiger partial charge in [-0.3, -0.25) is 4.79 Å². The smallest absolute Gasteiger partial charge is 0.228 e. The lowest BCUT2D eigenvalue weighted by Crippen LogP contribution is -2.30. The van der Waals surface area contributed by atoms with Crippen molar-refractivity contribution in [2.45, 2.75) is 25.8 Å². The van der Waals surface area contributed by atoms with Gasteiger partial charge in [0.2, 0.25) is 5.91 Å². The highest BCUT2D eigenvalue weighted by molar-refractivity contribution is 5.83. The largest absolute Gasteiger partial charge is 0.497 e. The van der Waals surface area contributed by atoms with Crippen molar-refractivity contribution in [1.82, 2.24) is 5.32 Å². The van der Waals surface area contributed by atoms with E-state index in [9.17, 15) is 4.79 Å². The summed E-state index contributed by atoms with van der Waals surface area (Å²) in [6.45, 7) is 2.51. The number of furan rings is 1. The molecule has 0 aliphatic carbocycles. The molecule has 26 heavy (non-hydrogen) atoms. The standard InChI is InChI=1S/C22H23NO3/c1-16-5-9-18(10-6-16)21(14-20-4-3-13-26-20)22(24)23-15-17-7-11-19(25-2)12-8-17/h3-13,21H,14-15H2,1-2H3,(H,23,24). The fraction of sp³-hybridized carbons (Fsp3) is 0.227. The number of aryl methyl sites for hydroxylation is 1. The average Bonchev–Trinajstić information content (AvgIpc) is 3.19. The lowest BCUT2D eigenvalue weighted by molar-refractivity contribution is -0.122. The number of benzene rings is 2. The van der Waals surface area contributed by atoms with Crippen LogP contribution in [0.5, 0.6) is 5.75 Å². The second-order valence-corrected chi connectivity index (χ2v) is 6.31.